The Labute approximate surface area is 149 Å². The van der Waals surface area contributed by atoms with Crippen molar-refractivity contribution < 1.29 is 0 Å². The van der Waals surface area contributed by atoms with Gasteiger partial charge in [0, 0.05) is 31.5 Å². The summed E-state index contributed by atoms with van der Waals surface area (Å²) < 4.78 is 0. The molecule has 2 heterocycles. The lowest BCUT2D eigenvalue weighted by Gasteiger charge is -2.45. The van der Waals surface area contributed by atoms with Crippen LogP contribution in [-0.2, 0) is 6.54 Å². The molecule has 0 spiro atoms. The molecule has 3 nitrogen and oxygen atoms in total. The predicted molar refractivity (Wildman–Crippen MR) is 102 cm³/mol. The molecule has 2 aromatic rings. The molecule has 0 aliphatic carbocycles. The number of hydrogen-bond donors (Lipinski definition) is 1. The van der Waals surface area contributed by atoms with Gasteiger partial charge in [-0.25, -0.2) is 0 Å². The largest absolute Gasteiger partial charge is 0.397 e. The maximum absolute atomic E-state index is 6.09. The molecule has 1 fully saturated rings. The fraction of sp³-hybridized carbons (Fsp3) is 0.182. The molecule has 25 heavy (non-hydrogen) atoms. The maximum Gasteiger partial charge on any atom is 0.0759 e. The highest BCUT2D eigenvalue weighted by molar-refractivity contribution is 5.45. The Balaban J connectivity index is 1.72. The maximum atomic E-state index is 6.09. The number of piperazine rings is 1. The normalized spacial score (nSPS) is 20.7. The molecule has 0 bridgehead atoms. The van der Waals surface area contributed by atoms with Gasteiger partial charge in [0.2, 0.25) is 0 Å². The van der Waals surface area contributed by atoms with Gasteiger partial charge in [0.15, 0.2) is 0 Å². The molecule has 126 valence electrons. The van der Waals surface area contributed by atoms with Crippen LogP contribution in [0.5, 0.6) is 0 Å². The van der Waals surface area contributed by atoms with E-state index in [1.807, 2.05) is 6.20 Å². The molecular weight excluding hydrogens is 306 g/mol. The van der Waals surface area contributed by atoms with E-state index in [0.29, 0.717) is 0 Å². The van der Waals surface area contributed by atoms with Crippen LogP contribution in [0.2, 0.25) is 0 Å². The fourth-order valence-corrected chi connectivity index (χ4v) is 3.66. The lowest BCUT2D eigenvalue weighted by molar-refractivity contribution is 0.134. The smallest absolute Gasteiger partial charge is 0.0759 e. The summed E-state index contributed by atoms with van der Waals surface area (Å²) in [7, 11) is 0. The first-order valence-electron chi connectivity index (χ1n) is 8.70. The van der Waals surface area contributed by atoms with E-state index < -0.39 is 0 Å². The molecule has 1 atom stereocenters. The van der Waals surface area contributed by atoms with Crippen molar-refractivity contribution in [2.75, 3.05) is 13.1 Å². The minimum Gasteiger partial charge on any atom is -0.397 e. The standard InChI is InChI=1S/C22H23N3/c1-17-14-21-22(19-10-6-3-7-11-19)25(13-12-24(21)16-20(17)23)15-18-8-4-2-5-9-18/h2-11,14,16,22H,1,12-13,15,23H2. The summed E-state index contributed by atoms with van der Waals surface area (Å²) in [5.41, 5.74) is 11.6. The Morgan fingerprint density at radius 3 is 2.36 bits per heavy atom. The van der Waals surface area contributed by atoms with Crippen LogP contribution in [0.3, 0.4) is 0 Å². The van der Waals surface area contributed by atoms with Crippen molar-refractivity contribution in [2.24, 2.45) is 5.73 Å². The molecule has 1 saturated heterocycles. The Hall–Kier alpha value is -2.78. The van der Waals surface area contributed by atoms with Gasteiger partial charge in [-0.15, -0.1) is 0 Å². The molecule has 0 radical (unpaired) electrons. The van der Waals surface area contributed by atoms with Gasteiger partial charge in [-0.2, -0.15) is 0 Å². The molecule has 0 saturated carbocycles. The Morgan fingerprint density at radius 1 is 0.960 bits per heavy atom. The van der Waals surface area contributed by atoms with Crippen molar-refractivity contribution in [1.29, 1.82) is 0 Å². The SMILES string of the molecule is C=C1C=C2C(c3ccccc3)N(Cc3ccccc3)CCN2C=C1N. The monoisotopic (exact) mass is 329 g/mol. The van der Waals surface area contributed by atoms with Crippen LogP contribution in [0.4, 0.5) is 0 Å². The Morgan fingerprint density at radius 2 is 1.64 bits per heavy atom. The zero-order valence-corrected chi connectivity index (χ0v) is 14.3. The second-order valence-corrected chi connectivity index (χ2v) is 6.64. The van der Waals surface area contributed by atoms with E-state index in [4.69, 9.17) is 5.73 Å². The van der Waals surface area contributed by atoms with Crippen LogP contribution in [0.25, 0.3) is 0 Å². The minimum absolute atomic E-state index is 0.205. The highest BCUT2D eigenvalue weighted by Crippen LogP contribution is 2.38. The van der Waals surface area contributed by atoms with Crippen molar-refractivity contribution >= 4 is 0 Å². The average Bonchev–Trinajstić information content (AvgIpc) is 2.64. The van der Waals surface area contributed by atoms with Crippen LogP contribution in [-0.4, -0.2) is 22.9 Å². The molecular formula is C22H23N3. The van der Waals surface area contributed by atoms with E-state index in [1.54, 1.807) is 0 Å². The van der Waals surface area contributed by atoms with E-state index in [9.17, 15) is 0 Å². The van der Waals surface area contributed by atoms with Gasteiger partial charge in [0.1, 0.15) is 0 Å². The number of benzene rings is 2. The van der Waals surface area contributed by atoms with E-state index in [2.05, 4.69) is 83.1 Å². The molecule has 3 heteroatoms. The molecule has 0 aromatic heterocycles. The van der Waals surface area contributed by atoms with Gasteiger partial charge in [-0.05, 0) is 22.8 Å². The van der Waals surface area contributed by atoms with E-state index >= 15 is 0 Å². The first-order valence-corrected chi connectivity index (χ1v) is 8.70. The van der Waals surface area contributed by atoms with Crippen LogP contribution >= 0.6 is 0 Å². The van der Waals surface area contributed by atoms with E-state index in [1.165, 1.54) is 16.8 Å². The van der Waals surface area contributed by atoms with Gasteiger partial charge in [-0.3, -0.25) is 4.90 Å². The average molecular weight is 329 g/mol. The van der Waals surface area contributed by atoms with Gasteiger partial charge in [0.25, 0.3) is 0 Å². The van der Waals surface area contributed by atoms with Crippen LogP contribution in [0.15, 0.2) is 96.5 Å². The lowest BCUT2D eigenvalue weighted by atomic mass is 9.94. The van der Waals surface area contributed by atoms with Gasteiger partial charge in [0.05, 0.1) is 11.7 Å². The third kappa shape index (κ3) is 3.11. The summed E-state index contributed by atoms with van der Waals surface area (Å²) in [6.45, 7) is 6.96. The van der Waals surface area contributed by atoms with Crippen molar-refractivity contribution in [3.63, 3.8) is 0 Å². The zero-order valence-electron chi connectivity index (χ0n) is 14.3. The molecule has 2 aromatic carbocycles. The molecule has 0 amide bonds. The first kappa shape index (κ1) is 15.7. The number of fused-ring (bicyclic) bond motifs is 1. The van der Waals surface area contributed by atoms with Gasteiger partial charge < -0.3 is 10.6 Å². The Bertz CT molecular complexity index is 821. The molecule has 2 aliphatic rings. The summed E-state index contributed by atoms with van der Waals surface area (Å²) in [6.07, 6.45) is 4.18. The second-order valence-electron chi connectivity index (χ2n) is 6.64. The van der Waals surface area contributed by atoms with Gasteiger partial charge >= 0.3 is 0 Å². The fourth-order valence-electron chi connectivity index (χ4n) is 3.66. The topological polar surface area (TPSA) is 32.5 Å². The van der Waals surface area contributed by atoms with Crippen molar-refractivity contribution in [1.82, 2.24) is 9.80 Å². The number of allylic oxidation sites excluding steroid dienone is 1. The first-order chi connectivity index (χ1) is 12.2. The van der Waals surface area contributed by atoms with E-state index in [0.717, 1.165) is 30.9 Å². The third-order valence-corrected chi connectivity index (χ3v) is 4.94. The van der Waals surface area contributed by atoms with Crippen molar-refractivity contribution in [3.8, 4) is 0 Å². The summed E-state index contributed by atoms with van der Waals surface area (Å²) in [4.78, 5) is 4.82. The highest BCUT2D eigenvalue weighted by Gasteiger charge is 2.33. The predicted octanol–water partition coefficient (Wildman–Crippen LogP) is 3.80. The number of nitrogens with zero attached hydrogens (tertiary/aromatic N) is 2. The van der Waals surface area contributed by atoms with E-state index in [-0.39, 0.29) is 6.04 Å². The quantitative estimate of drug-likeness (QED) is 0.930. The van der Waals surface area contributed by atoms with Crippen LogP contribution < -0.4 is 5.73 Å². The number of nitrogens with two attached hydrogens (primary N) is 1. The Kier molecular flexibility index (Phi) is 4.16. The zero-order chi connectivity index (χ0) is 17.2. The molecule has 1 unspecified atom stereocenters. The lowest BCUT2D eigenvalue weighted by Crippen LogP contribution is -2.45. The number of rotatable bonds is 3. The molecule has 2 N–H and O–H groups in total. The molecule has 4 rings (SSSR count). The summed E-state index contributed by atoms with van der Waals surface area (Å²) in [5.74, 6) is 0. The summed E-state index contributed by atoms with van der Waals surface area (Å²) in [6, 6.07) is 21.6. The van der Waals surface area contributed by atoms with Gasteiger partial charge in [-0.1, -0.05) is 67.2 Å². The third-order valence-electron chi connectivity index (χ3n) is 4.94. The summed E-state index contributed by atoms with van der Waals surface area (Å²) >= 11 is 0. The highest BCUT2D eigenvalue weighted by atomic mass is 15.3. The molecule has 2 aliphatic heterocycles. The van der Waals surface area contributed by atoms with Crippen molar-refractivity contribution in [2.45, 2.75) is 12.6 Å². The van der Waals surface area contributed by atoms with Crippen LogP contribution in [0, 0.1) is 0 Å². The minimum atomic E-state index is 0.205. The number of hydrogen-bond acceptors (Lipinski definition) is 3. The van der Waals surface area contributed by atoms with Crippen LogP contribution in [0.1, 0.15) is 17.2 Å². The second kappa shape index (κ2) is 6.61. The van der Waals surface area contributed by atoms with Crippen molar-refractivity contribution in [3.05, 3.63) is 108 Å². The summed E-state index contributed by atoms with van der Waals surface area (Å²) in [5, 5.41) is 0.